The number of rotatable bonds is 5. The molecule has 21 heavy (non-hydrogen) atoms. The van der Waals surface area contributed by atoms with Crippen molar-refractivity contribution in [2.75, 3.05) is 5.73 Å². The lowest BCUT2D eigenvalue weighted by molar-refractivity contribution is -0.121. The van der Waals surface area contributed by atoms with Gasteiger partial charge in [0.1, 0.15) is 0 Å². The zero-order chi connectivity index (χ0) is 15.2. The molecule has 0 bridgehead atoms. The number of nitrogens with two attached hydrogens (primary N) is 1. The van der Waals surface area contributed by atoms with Gasteiger partial charge in [-0.15, -0.1) is 0 Å². The van der Waals surface area contributed by atoms with Gasteiger partial charge in [0, 0.05) is 12.1 Å². The van der Waals surface area contributed by atoms with Gasteiger partial charge in [-0.2, -0.15) is 0 Å². The van der Waals surface area contributed by atoms with Crippen LogP contribution in [0, 0.1) is 6.92 Å². The summed E-state index contributed by atoms with van der Waals surface area (Å²) < 4.78 is 0. The van der Waals surface area contributed by atoms with E-state index in [0.717, 1.165) is 16.8 Å². The minimum absolute atomic E-state index is 0.0190. The van der Waals surface area contributed by atoms with Crippen molar-refractivity contribution in [3.8, 4) is 0 Å². The maximum Gasteiger partial charge on any atom is 0.220 e. The van der Waals surface area contributed by atoms with Crippen LogP contribution in [0.3, 0.4) is 0 Å². The molecule has 0 aliphatic heterocycles. The van der Waals surface area contributed by atoms with Gasteiger partial charge in [-0.3, -0.25) is 4.79 Å². The second-order valence-corrected chi connectivity index (χ2v) is 5.40. The first-order chi connectivity index (χ1) is 10.1. The predicted octanol–water partition coefficient (Wildman–Crippen LogP) is 3.39. The second-order valence-electron chi connectivity index (χ2n) is 5.40. The minimum atomic E-state index is 0.0190. The molecule has 0 heterocycles. The number of carbonyl (C=O) groups is 1. The first kappa shape index (κ1) is 15.1. The van der Waals surface area contributed by atoms with Crippen molar-refractivity contribution in [2.24, 2.45) is 0 Å². The van der Waals surface area contributed by atoms with Crippen molar-refractivity contribution in [1.29, 1.82) is 0 Å². The average molecular weight is 282 g/mol. The molecular weight excluding hydrogens is 260 g/mol. The van der Waals surface area contributed by atoms with Crippen molar-refractivity contribution in [2.45, 2.75) is 32.7 Å². The number of anilines is 1. The molecule has 3 nitrogen and oxygen atoms in total. The van der Waals surface area contributed by atoms with Crippen LogP contribution in [-0.2, 0) is 11.2 Å². The Hall–Kier alpha value is -2.29. The molecule has 0 saturated heterocycles. The molecule has 3 N–H and O–H groups in total. The van der Waals surface area contributed by atoms with E-state index >= 15 is 0 Å². The highest BCUT2D eigenvalue weighted by Crippen LogP contribution is 2.15. The summed E-state index contributed by atoms with van der Waals surface area (Å²) in [4.78, 5) is 12.0. The first-order valence-corrected chi connectivity index (χ1v) is 7.25. The number of aryl methyl sites for hydroxylation is 2. The molecule has 2 aromatic rings. The van der Waals surface area contributed by atoms with Crippen LogP contribution >= 0.6 is 0 Å². The molecule has 0 saturated carbocycles. The summed E-state index contributed by atoms with van der Waals surface area (Å²) >= 11 is 0. The third-order valence-electron chi connectivity index (χ3n) is 3.60. The lowest BCUT2D eigenvalue weighted by Gasteiger charge is -2.15. The Morgan fingerprint density at radius 2 is 1.95 bits per heavy atom. The molecule has 2 rings (SSSR count). The van der Waals surface area contributed by atoms with Gasteiger partial charge < -0.3 is 11.1 Å². The number of hydrogen-bond donors (Lipinski definition) is 2. The minimum Gasteiger partial charge on any atom is -0.399 e. The number of para-hydroxylation sites is 1. The summed E-state index contributed by atoms with van der Waals surface area (Å²) in [5.41, 5.74) is 9.98. The quantitative estimate of drug-likeness (QED) is 0.826. The Kier molecular flexibility index (Phi) is 4.99. The van der Waals surface area contributed by atoms with Gasteiger partial charge in [-0.25, -0.2) is 0 Å². The third-order valence-corrected chi connectivity index (χ3v) is 3.60. The third kappa shape index (κ3) is 4.35. The van der Waals surface area contributed by atoms with E-state index in [1.54, 1.807) is 0 Å². The van der Waals surface area contributed by atoms with Crippen LogP contribution in [0.2, 0.25) is 0 Å². The standard InChI is InChI=1S/C18H22N2O/c1-13-6-5-8-16(12-13)14(2)20-18(21)11-10-15-7-3-4-9-17(15)19/h3-9,12,14H,10-11,19H2,1-2H3,(H,20,21)/t14-/m1/s1. The Morgan fingerprint density at radius 1 is 1.19 bits per heavy atom. The van der Waals surface area contributed by atoms with Crippen LogP contribution < -0.4 is 11.1 Å². The van der Waals surface area contributed by atoms with Crippen molar-refractivity contribution in [3.63, 3.8) is 0 Å². The molecule has 0 spiro atoms. The Morgan fingerprint density at radius 3 is 2.67 bits per heavy atom. The van der Waals surface area contributed by atoms with Gasteiger partial charge in [0.15, 0.2) is 0 Å². The lowest BCUT2D eigenvalue weighted by Crippen LogP contribution is -2.26. The molecule has 3 heteroatoms. The number of benzene rings is 2. The van der Waals surface area contributed by atoms with Crippen molar-refractivity contribution in [3.05, 3.63) is 65.2 Å². The maximum absolute atomic E-state index is 12.0. The van der Waals surface area contributed by atoms with Gasteiger partial charge in [-0.1, -0.05) is 48.0 Å². The summed E-state index contributed by atoms with van der Waals surface area (Å²) in [6, 6.07) is 15.9. The number of carbonyl (C=O) groups excluding carboxylic acids is 1. The van der Waals surface area contributed by atoms with Gasteiger partial charge in [0.2, 0.25) is 5.91 Å². The van der Waals surface area contributed by atoms with Crippen molar-refractivity contribution < 1.29 is 4.79 Å². The second kappa shape index (κ2) is 6.93. The van der Waals surface area contributed by atoms with Gasteiger partial charge in [0.25, 0.3) is 0 Å². The molecule has 0 aliphatic carbocycles. The van der Waals surface area contributed by atoms with E-state index in [4.69, 9.17) is 5.73 Å². The maximum atomic E-state index is 12.0. The Balaban J connectivity index is 1.89. The molecule has 110 valence electrons. The van der Waals surface area contributed by atoms with Crippen molar-refractivity contribution in [1.82, 2.24) is 5.32 Å². The van der Waals surface area contributed by atoms with Gasteiger partial charge >= 0.3 is 0 Å². The fraction of sp³-hybridized carbons (Fsp3) is 0.278. The van der Waals surface area contributed by atoms with Crippen LogP contribution in [0.4, 0.5) is 5.69 Å². The first-order valence-electron chi connectivity index (χ1n) is 7.25. The normalized spacial score (nSPS) is 11.9. The molecule has 1 amide bonds. The molecule has 0 radical (unpaired) electrons. The summed E-state index contributed by atoms with van der Waals surface area (Å²) in [6.07, 6.45) is 1.11. The van der Waals surface area contributed by atoms with Crippen LogP contribution in [0.5, 0.6) is 0 Å². The van der Waals surface area contributed by atoms with E-state index in [1.165, 1.54) is 5.56 Å². The molecular formula is C18H22N2O. The van der Waals surface area contributed by atoms with E-state index in [1.807, 2.05) is 43.3 Å². The monoisotopic (exact) mass is 282 g/mol. The Labute approximate surface area is 126 Å². The number of nitrogens with one attached hydrogen (secondary N) is 1. The predicted molar refractivity (Wildman–Crippen MR) is 86.9 cm³/mol. The SMILES string of the molecule is Cc1cccc([C@@H](C)NC(=O)CCc2ccccc2N)c1. The molecule has 1 atom stereocenters. The van der Waals surface area contributed by atoms with Crippen LogP contribution in [0.25, 0.3) is 0 Å². The van der Waals surface area contributed by atoms with Gasteiger partial charge in [0.05, 0.1) is 6.04 Å². The molecule has 0 aliphatic rings. The highest BCUT2D eigenvalue weighted by molar-refractivity contribution is 5.77. The van der Waals surface area contributed by atoms with Crippen LogP contribution in [-0.4, -0.2) is 5.91 Å². The molecule has 0 fully saturated rings. The summed E-state index contributed by atoms with van der Waals surface area (Å²) in [6.45, 7) is 4.06. The van der Waals surface area contributed by atoms with Crippen molar-refractivity contribution >= 4 is 11.6 Å². The van der Waals surface area contributed by atoms with Gasteiger partial charge in [-0.05, 0) is 37.5 Å². The fourth-order valence-corrected chi connectivity index (χ4v) is 2.35. The smallest absolute Gasteiger partial charge is 0.220 e. The van der Waals surface area contributed by atoms with Crippen LogP contribution in [0.15, 0.2) is 48.5 Å². The Bertz CT molecular complexity index is 622. The molecule has 0 aromatic heterocycles. The highest BCUT2D eigenvalue weighted by Gasteiger charge is 2.10. The van der Waals surface area contributed by atoms with Crippen LogP contribution in [0.1, 0.15) is 36.1 Å². The summed E-state index contributed by atoms with van der Waals surface area (Å²) in [5.74, 6) is 0.0484. The fourth-order valence-electron chi connectivity index (χ4n) is 2.35. The van der Waals surface area contributed by atoms with E-state index < -0.39 is 0 Å². The number of hydrogen-bond acceptors (Lipinski definition) is 2. The average Bonchev–Trinajstić information content (AvgIpc) is 2.46. The lowest BCUT2D eigenvalue weighted by atomic mass is 10.0. The zero-order valence-corrected chi connectivity index (χ0v) is 12.6. The number of amides is 1. The van der Waals surface area contributed by atoms with E-state index in [2.05, 4.69) is 24.4 Å². The molecule has 0 unspecified atom stereocenters. The van der Waals surface area contributed by atoms with E-state index in [9.17, 15) is 4.79 Å². The number of nitrogen functional groups attached to an aromatic ring is 1. The summed E-state index contributed by atoms with van der Waals surface area (Å²) in [7, 11) is 0. The summed E-state index contributed by atoms with van der Waals surface area (Å²) in [5, 5.41) is 3.03. The zero-order valence-electron chi connectivity index (χ0n) is 12.6. The molecule has 2 aromatic carbocycles. The highest BCUT2D eigenvalue weighted by atomic mass is 16.1. The topological polar surface area (TPSA) is 55.1 Å². The largest absolute Gasteiger partial charge is 0.399 e. The van der Waals surface area contributed by atoms with E-state index in [-0.39, 0.29) is 11.9 Å². The van der Waals surface area contributed by atoms with E-state index in [0.29, 0.717) is 12.8 Å².